The van der Waals surface area contributed by atoms with Crippen molar-refractivity contribution >= 4 is 15.9 Å². The van der Waals surface area contributed by atoms with Crippen LogP contribution in [0.15, 0.2) is 83.9 Å². The minimum absolute atomic E-state index is 0.0347. The first-order valence-electron chi connectivity index (χ1n) is 9.81. The van der Waals surface area contributed by atoms with Crippen LogP contribution in [0.3, 0.4) is 0 Å². The molecular weight excluding hydrogens is 398 g/mol. The molecule has 0 aliphatic heterocycles. The zero-order valence-electron chi connectivity index (χ0n) is 16.6. The first-order valence-corrected chi connectivity index (χ1v) is 11.3. The molecule has 1 unspecified atom stereocenters. The van der Waals surface area contributed by atoms with E-state index in [1.165, 1.54) is 12.1 Å². The number of aromatic nitrogens is 1. The van der Waals surface area contributed by atoms with E-state index >= 15 is 0 Å². The van der Waals surface area contributed by atoms with E-state index in [2.05, 4.69) is 9.71 Å². The van der Waals surface area contributed by atoms with E-state index in [4.69, 9.17) is 0 Å². The van der Waals surface area contributed by atoms with E-state index in [0.717, 1.165) is 24.1 Å². The van der Waals surface area contributed by atoms with E-state index in [0.29, 0.717) is 5.56 Å². The molecule has 1 aliphatic carbocycles. The molecule has 7 heteroatoms. The summed E-state index contributed by atoms with van der Waals surface area (Å²) in [5.74, 6) is -0.214. The first kappa shape index (κ1) is 20.3. The number of hydrogen-bond acceptors (Lipinski definition) is 4. The summed E-state index contributed by atoms with van der Waals surface area (Å²) >= 11 is 0. The monoisotopic (exact) mass is 421 g/mol. The first-order chi connectivity index (χ1) is 14.5. The number of nitrogens with one attached hydrogen (secondary N) is 1. The third-order valence-corrected chi connectivity index (χ3v) is 6.64. The Morgan fingerprint density at radius 1 is 1.00 bits per heavy atom. The number of carbonyl (C=O) groups is 1. The van der Waals surface area contributed by atoms with Gasteiger partial charge in [-0.25, -0.2) is 13.1 Å². The summed E-state index contributed by atoms with van der Waals surface area (Å²) in [5, 5.41) is 0. The zero-order valence-corrected chi connectivity index (χ0v) is 17.4. The van der Waals surface area contributed by atoms with Crippen molar-refractivity contribution in [1.29, 1.82) is 0 Å². The van der Waals surface area contributed by atoms with Gasteiger partial charge in [0, 0.05) is 24.8 Å². The summed E-state index contributed by atoms with van der Waals surface area (Å²) in [5.41, 5.74) is 2.12. The Kier molecular flexibility index (Phi) is 5.65. The van der Waals surface area contributed by atoms with Crippen LogP contribution >= 0.6 is 0 Å². The number of hydrogen-bond donors (Lipinski definition) is 1. The Hall–Kier alpha value is -3.03. The Labute approximate surface area is 176 Å². The fourth-order valence-electron chi connectivity index (χ4n) is 3.35. The molecular formula is C23H23N3O3S. The molecule has 1 amide bonds. The highest BCUT2D eigenvalue weighted by atomic mass is 32.2. The van der Waals surface area contributed by atoms with Gasteiger partial charge < -0.3 is 4.90 Å². The predicted molar refractivity (Wildman–Crippen MR) is 114 cm³/mol. The summed E-state index contributed by atoms with van der Waals surface area (Å²) in [4.78, 5) is 19.5. The van der Waals surface area contributed by atoms with Crippen LogP contribution in [0.4, 0.5) is 0 Å². The van der Waals surface area contributed by atoms with Gasteiger partial charge in [-0.05, 0) is 54.8 Å². The van der Waals surface area contributed by atoms with Crippen LogP contribution in [0.2, 0.25) is 0 Å². The van der Waals surface area contributed by atoms with Crippen molar-refractivity contribution < 1.29 is 13.2 Å². The van der Waals surface area contributed by atoms with E-state index in [1.54, 1.807) is 30.3 Å². The highest BCUT2D eigenvalue weighted by Gasteiger charge is 2.29. The van der Waals surface area contributed by atoms with Gasteiger partial charge >= 0.3 is 0 Å². The number of pyridine rings is 1. The van der Waals surface area contributed by atoms with Crippen LogP contribution < -0.4 is 4.72 Å². The molecule has 0 radical (unpaired) electrons. The van der Waals surface area contributed by atoms with E-state index in [1.807, 2.05) is 48.5 Å². The molecule has 2 aromatic carbocycles. The van der Waals surface area contributed by atoms with Gasteiger partial charge in [0.25, 0.3) is 5.91 Å². The minimum Gasteiger partial charge on any atom is -0.329 e. The van der Waals surface area contributed by atoms with Gasteiger partial charge in [0.15, 0.2) is 0 Å². The lowest BCUT2D eigenvalue weighted by Gasteiger charge is -2.28. The number of benzene rings is 2. The molecule has 3 aromatic rings. The van der Waals surface area contributed by atoms with Gasteiger partial charge in [-0.3, -0.25) is 9.78 Å². The highest BCUT2D eigenvalue weighted by molar-refractivity contribution is 7.89. The van der Waals surface area contributed by atoms with Crippen molar-refractivity contribution in [2.45, 2.75) is 29.8 Å². The van der Waals surface area contributed by atoms with Crippen molar-refractivity contribution in [3.05, 3.63) is 95.8 Å². The topological polar surface area (TPSA) is 79.4 Å². The average Bonchev–Trinajstić information content (AvgIpc) is 3.58. The number of nitrogens with zero attached hydrogens (tertiary/aromatic N) is 2. The molecule has 1 N–H and O–H groups in total. The van der Waals surface area contributed by atoms with Gasteiger partial charge in [-0.15, -0.1) is 0 Å². The maximum Gasteiger partial charge on any atom is 0.254 e. The summed E-state index contributed by atoms with van der Waals surface area (Å²) in [7, 11) is -1.82. The molecule has 1 aromatic heterocycles. The van der Waals surface area contributed by atoms with Gasteiger partial charge in [0.05, 0.1) is 16.6 Å². The number of sulfonamides is 1. The van der Waals surface area contributed by atoms with E-state index in [9.17, 15) is 13.2 Å². The maximum absolute atomic E-state index is 13.2. The lowest BCUT2D eigenvalue weighted by atomic mass is 10.0. The number of carbonyl (C=O) groups excluding carboxylic acids is 1. The van der Waals surface area contributed by atoms with Crippen LogP contribution in [-0.2, 0) is 10.0 Å². The quantitative estimate of drug-likeness (QED) is 0.634. The fourth-order valence-corrected chi connectivity index (χ4v) is 4.66. The van der Waals surface area contributed by atoms with Crippen LogP contribution in [0, 0.1) is 0 Å². The molecule has 1 fully saturated rings. The predicted octanol–water partition coefficient (Wildman–Crippen LogP) is 3.38. The molecule has 1 heterocycles. The van der Waals surface area contributed by atoms with Crippen LogP contribution in [0.25, 0.3) is 0 Å². The molecule has 0 spiro atoms. The second kappa shape index (κ2) is 8.38. The minimum atomic E-state index is -3.55. The lowest BCUT2D eigenvalue weighted by Crippen LogP contribution is -2.32. The molecule has 1 atom stereocenters. The normalized spacial score (nSPS) is 14.8. The molecule has 30 heavy (non-hydrogen) atoms. The van der Waals surface area contributed by atoms with Crippen LogP contribution in [0.1, 0.15) is 40.5 Å². The number of amides is 1. The molecule has 1 aliphatic rings. The highest BCUT2D eigenvalue weighted by Crippen LogP contribution is 2.28. The van der Waals surface area contributed by atoms with Crippen LogP contribution in [0.5, 0.6) is 0 Å². The van der Waals surface area contributed by atoms with Crippen LogP contribution in [-0.4, -0.2) is 37.3 Å². The summed E-state index contributed by atoms with van der Waals surface area (Å²) in [6.07, 6.45) is 3.44. The molecule has 0 saturated heterocycles. The summed E-state index contributed by atoms with van der Waals surface area (Å²) < 4.78 is 27.4. The Morgan fingerprint density at radius 3 is 2.27 bits per heavy atom. The van der Waals surface area contributed by atoms with Crippen molar-refractivity contribution in [2.24, 2.45) is 0 Å². The molecule has 4 rings (SSSR count). The second-order valence-corrected chi connectivity index (χ2v) is 9.12. The standard InChI is InChI=1S/C23H23N3O3S/c1-26(22(17-7-3-2-4-8-17)21-9-5-6-16-24-21)23(27)18-10-14-20(15-11-18)30(28,29)25-19-12-13-19/h2-11,14-16,19,22,25H,12-13H2,1H3. The van der Waals surface area contributed by atoms with Gasteiger partial charge in [0.2, 0.25) is 10.0 Å². The Balaban J connectivity index is 1.60. The van der Waals surface area contributed by atoms with Gasteiger partial charge in [-0.1, -0.05) is 36.4 Å². The SMILES string of the molecule is CN(C(=O)c1ccc(S(=O)(=O)NC2CC2)cc1)C(c1ccccc1)c1ccccn1. The van der Waals surface area contributed by atoms with Crippen molar-refractivity contribution in [3.8, 4) is 0 Å². The maximum atomic E-state index is 13.2. The van der Waals surface area contributed by atoms with Crippen molar-refractivity contribution in [1.82, 2.24) is 14.6 Å². The average molecular weight is 422 g/mol. The summed E-state index contributed by atoms with van der Waals surface area (Å²) in [6, 6.07) is 21.1. The molecule has 154 valence electrons. The summed E-state index contributed by atoms with van der Waals surface area (Å²) in [6.45, 7) is 0. The fraction of sp³-hybridized carbons (Fsp3) is 0.217. The Morgan fingerprint density at radius 2 is 1.67 bits per heavy atom. The second-order valence-electron chi connectivity index (χ2n) is 7.40. The van der Waals surface area contributed by atoms with Crippen molar-refractivity contribution in [3.63, 3.8) is 0 Å². The number of rotatable bonds is 7. The zero-order chi connectivity index (χ0) is 21.1. The van der Waals surface area contributed by atoms with Gasteiger partial charge in [0.1, 0.15) is 0 Å². The molecule has 1 saturated carbocycles. The van der Waals surface area contributed by atoms with Gasteiger partial charge in [-0.2, -0.15) is 0 Å². The van der Waals surface area contributed by atoms with E-state index in [-0.39, 0.29) is 22.9 Å². The molecule has 0 bridgehead atoms. The third-order valence-electron chi connectivity index (χ3n) is 5.10. The van der Waals surface area contributed by atoms with E-state index < -0.39 is 10.0 Å². The molecule has 6 nitrogen and oxygen atoms in total. The Bertz CT molecular complexity index is 1070. The lowest BCUT2D eigenvalue weighted by molar-refractivity contribution is 0.0752. The smallest absolute Gasteiger partial charge is 0.254 e. The van der Waals surface area contributed by atoms with Crippen molar-refractivity contribution in [2.75, 3.05) is 7.05 Å². The third kappa shape index (κ3) is 4.42. The largest absolute Gasteiger partial charge is 0.329 e.